The molecule has 1 aliphatic heterocycles. The lowest BCUT2D eigenvalue weighted by molar-refractivity contribution is 0.0241. The van der Waals surface area contributed by atoms with E-state index in [1.165, 1.54) is 11.1 Å². The minimum absolute atomic E-state index is 0.126. The fourth-order valence-corrected chi connectivity index (χ4v) is 3.63. The van der Waals surface area contributed by atoms with Gasteiger partial charge in [-0.25, -0.2) is 0 Å². The first kappa shape index (κ1) is 14.7. The minimum atomic E-state index is 0.126. The summed E-state index contributed by atoms with van der Waals surface area (Å²) in [5.41, 5.74) is 3.44. The summed E-state index contributed by atoms with van der Waals surface area (Å²) in [6.07, 6.45) is 5.82. The second-order valence-electron chi connectivity index (χ2n) is 5.74. The number of aromatic amines is 1. The van der Waals surface area contributed by atoms with Crippen molar-refractivity contribution in [1.82, 2.24) is 14.9 Å². The van der Waals surface area contributed by atoms with Crippen molar-refractivity contribution in [1.29, 1.82) is 0 Å². The van der Waals surface area contributed by atoms with Gasteiger partial charge in [0.05, 0.1) is 24.3 Å². The molecule has 4 rings (SSSR count). The van der Waals surface area contributed by atoms with Gasteiger partial charge in [-0.2, -0.15) is 0 Å². The molecule has 3 aromatic rings. The van der Waals surface area contributed by atoms with Gasteiger partial charge < -0.3 is 9.72 Å². The van der Waals surface area contributed by atoms with E-state index in [0.29, 0.717) is 0 Å². The van der Waals surface area contributed by atoms with E-state index in [4.69, 9.17) is 16.3 Å². The molecular formula is C18H18ClN3O. The first-order chi connectivity index (χ1) is 11.3. The second kappa shape index (κ2) is 6.32. The molecule has 1 unspecified atom stereocenters. The Morgan fingerprint density at radius 2 is 2.04 bits per heavy atom. The Hall–Kier alpha value is -1.88. The molecule has 0 aliphatic carbocycles. The number of hydrogen-bond donors (Lipinski definition) is 1. The highest BCUT2D eigenvalue weighted by Crippen LogP contribution is 2.36. The van der Waals surface area contributed by atoms with Crippen molar-refractivity contribution in [2.24, 2.45) is 0 Å². The molecule has 0 saturated carbocycles. The Bertz CT molecular complexity index is 796. The summed E-state index contributed by atoms with van der Waals surface area (Å²) in [5.74, 6) is 0. The number of H-pyrrole nitrogens is 1. The summed E-state index contributed by atoms with van der Waals surface area (Å²) in [7, 11) is 0. The molecule has 0 radical (unpaired) electrons. The first-order valence-electron chi connectivity index (χ1n) is 7.82. The lowest BCUT2D eigenvalue weighted by atomic mass is 9.97. The van der Waals surface area contributed by atoms with Crippen LogP contribution in [0.5, 0.6) is 0 Å². The maximum atomic E-state index is 6.50. The molecule has 23 heavy (non-hydrogen) atoms. The van der Waals surface area contributed by atoms with Crippen molar-refractivity contribution in [2.75, 3.05) is 26.3 Å². The Kier molecular flexibility index (Phi) is 4.04. The molecule has 118 valence electrons. The molecule has 0 bridgehead atoms. The lowest BCUT2D eigenvalue weighted by Crippen LogP contribution is -2.39. The van der Waals surface area contributed by atoms with Gasteiger partial charge in [0.1, 0.15) is 0 Å². The zero-order chi connectivity index (χ0) is 15.6. The number of nitrogens with one attached hydrogen (secondary N) is 1. The Morgan fingerprint density at radius 1 is 1.17 bits per heavy atom. The molecule has 1 fully saturated rings. The van der Waals surface area contributed by atoms with Crippen LogP contribution in [-0.2, 0) is 4.74 Å². The number of pyridine rings is 1. The number of fused-ring (bicyclic) bond motifs is 1. The van der Waals surface area contributed by atoms with Gasteiger partial charge in [0, 0.05) is 48.1 Å². The fourth-order valence-electron chi connectivity index (χ4n) is 3.34. The van der Waals surface area contributed by atoms with Gasteiger partial charge in [0.25, 0.3) is 0 Å². The zero-order valence-corrected chi connectivity index (χ0v) is 13.5. The molecule has 4 nitrogen and oxygen atoms in total. The molecule has 1 aromatic carbocycles. The maximum Gasteiger partial charge on any atom is 0.0640 e. The van der Waals surface area contributed by atoms with Crippen LogP contribution in [0, 0.1) is 0 Å². The van der Waals surface area contributed by atoms with Crippen LogP contribution < -0.4 is 0 Å². The molecule has 0 spiro atoms. The average molecular weight is 328 g/mol. The average Bonchev–Trinajstić information content (AvgIpc) is 3.02. The molecule has 2 aromatic heterocycles. The predicted molar refractivity (Wildman–Crippen MR) is 91.8 cm³/mol. The summed E-state index contributed by atoms with van der Waals surface area (Å²) in [5, 5.41) is 1.87. The number of nitrogens with zero attached hydrogens (tertiary/aromatic N) is 2. The molecule has 3 heterocycles. The van der Waals surface area contributed by atoms with Crippen LogP contribution in [-0.4, -0.2) is 41.2 Å². The van der Waals surface area contributed by atoms with Crippen molar-refractivity contribution in [2.45, 2.75) is 6.04 Å². The number of morpholine rings is 1. The molecule has 0 amide bonds. The maximum absolute atomic E-state index is 6.50. The van der Waals surface area contributed by atoms with E-state index < -0.39 is 0 Å². The number of ether oxygens (including phenoxy) is 1. The molecular weight excluding hydrogens is 310 g/mol. The number of benzene rings is 1. The summed E-state index contributed by atoms with van der Waals surface area (Å²) in [6.45, 7) is 3.31. The monoisotopic (exact) mass is 327 g/mol. The number of halogens is 1. The Labute approximate surface area is 140 Å². The number of hydrogen-bond acceptors (Lipinski definition) is 3. The van der Waals surface area contributed by atoms with E-state index in [-0.39, 0.29) is 6.04 Å². The van der Waals surface area contributed by atoms with E-state index in [1.54, 1.807) is 0 Å². The highest BCUT2D eigenvalue weighted by Gasteiger charge is 2.27. The lowest BCUT2D eigenvalue weighted by Gasteiger charge is -2.34. The highest BCUT2D eigenvalue weighted by atomic mass is 35.5. The quantitative estimate of drug-likeness (QED) is 0.798. The Balaban J connectivity index is 1.86. The SMILES string of the molecule is Clc1cccc2[nH]cc(C(c3cccnc3)N3CCOCC3)c12. The van der Waals surface area contributed by atoms with Crippen LogP contribution in [0.1, 0.15) is 17.2 Å². The summed E-state index contributed by atoms with van der Waals surface area (Å²) >= 11 is 6.50. The first-order valence-corrected chi connectivity index (χ1v) is 8.19. The fraction of sp³-hybridized carbons (Fsp3) is 0.278. The predicted octanol–water partition coefficient (Wildman–Crippen LogP) is 3.64. The van der Waals surface area contributed by atoms with Crippen molar-refractivity contribution in [3.8, 4) is 0 Å². The third-order valence-electron chi connectivity index (χ3n) is 4.39. The topological polar surface area (TPSA) is 41.2 Å². The number of rotatable bonds is 3. The third-order valence-corrected chi connectivity index (χ3v) is 4.71. The zero-order valence-electron chi connectivity index (χ0n) is 12.7. The third kappa shape index (κ3) is 2.74. The standard InChI is InChI=1S/C18H18ClN3O/c19-15-4-1-5-16-17(15)14(12-21-16)18(13-3-2-6-20-11-13)22-7-9-23-10-8-22/h1-6,11-12,18,21H,7-10H2. The highest BCUT2D eigenvalue weighted by molar-refractivity contribution is 6.35. The van der Waals surface area contributed by atoms with E-state index in [0.717, 1.165) is 42.2 Å². The van der Waals surface area contributed by atoms with Gasteiger partial charge in [-0.05, 0) is 23.8 Å². The van der Waals surface area contributed by atoms with Gasteiger partial charge in [-0.1, -0.05) is 23.7 Å². The largest absolute Gasteiger partial charge is 0.379 e. The summed E-state index contributed by atoms with van der Waals surface area (Å²) in [4.78, 5) is 10.1. The summed E-state index contributed by atoms with van der Waals surface area (Å²) in [6, 6.07) is 10.2. The second-order valence-corrected chi connectivity index (χ2v) is 6.15. The van der Waals surface area contributed by atoms with Crippen molar-refractivity contribution in [3.05, 3.63) is 65.1 Å². The van der Waals surface area contributed by atoms with E-state index in [2.05, 4.69) is 33.2 Å². The minimum Gasteiger partial charge on any atom is -0.379 e. The molecule has 1 aliphatic rings. The molecule has 1 N–H and O–H groups in total. The van der Waals surface area contributed by atoms with E-state index in [1.807, 2.05) is 30.6 Å². The van der Waals surface area contributed by atoms with Crippen LogP contribution in [0.3, 0.4) is 0 Å². The van der Waals surface area contributed by atoms with Crippen LogP contribution in [0.15, 0.2) is 48.9 Å². The van der Waals surface area contributed by atoms with E-state index >= 15 is 0 Å². The Morgan fingerprint density at radius 3 is 2.83 bits per heavy atom. The molecule has 5 heteroatoms. The molecule has 1 atom stereocenters. The smallest absolute Gasteiger partial charge is 0.0640 e. The van der Waals surface area contributed by atoms with Crippen LogP contribution in [0.2, 0.25) is 5.02 Å². The van der Waals surface area contributed by atoms with Gasteiger partial charge in [-0.15, -0.1) is 0 Å². The van der Waals surface area contributed by atoms with Gasteiger partial charge >= 0.3 is 0 Å². The van der Waals surface area contributed by atoms with E-state index in [9.17, 15) is 0 Å². The van der Waals surface area contributed by atoms with Crippen molar-refractivity contribution >= 4 is 22.5 Å². The van der Waals surface area contributed by atoms with Gasteiger partial charge in [0.2, 0.25) is 0 Å². The van der Waals surface area contributed by atoms with Gasteiger partial charge in [0.15, 0.2) is 0 Å². The van der Waals surface area contributed by atoms with Crippen LogP contribution >= 0.6 is 11.6 Å². The molecule has 1 saturated heterocycles. The normalized spacial score (nSPS) is 17.4. The number of aromatic nitrogens is 2. The van der Waals surface area contributed by atoms with Crippen molar-refractivity contribution < 1.29 is 4.74 Å². The summed E-state index contributed by atoms with van der Waals surface area (Å²) < 4.78 is 5.52. The van der Waals surface area contributed by atoms with Gasteiger partial charge in [-0.3, -0.25) is 9.88 Å². The van der Waals surface area contributed by atoms with Crippen LogP contribution in [0.4, 0.5) is 0 Å². The van der Waals surface area contributed by atoms with Crippen molar-refractivity contribution in [3.63, 3.8) is 0 Å². The van der Waals surface area contributed by atoms with Crippen LogP contribution in [0.25, 0.3) is 10.9 Å².